The molecule has 0 spiro atoms. The summed E-state index contributed by atoms with van der Waals surface area (Å²) in [5.41, 5.74) is 4.05. The first-order valence-corrected chi connectivity index (χ1v) is 4.87. The highest BCUT2D eigenvalue weighted by Crippen LogP contribution is 2.06. The van der Waals surface area contributed by atoms with Crippen molar-refractivity contribution in [3.8, 4) is 0 Å². The van der Waals surface area contributed by atoms with E-state index in [9.17, 15) is 14.4 Å². The largest absolute Gasteiger partial charge is 0.480 e. The zero-order valence-corrected chi connectivity index (χ0v) is 9.94. The van der Waals surface area contributed by atoms with Gasteiger partial charge in [-0.25, -0.2) is 14.4 Å². The second-order valence-corrected chi connectivity index (χ2v) is 4.28. The maximum Gasteiger partial charge on any atom is 0.408 e. The first-order valence-electron chi connectivity index (χ1n) is 4.87. The molecule has 3 amide bonds. The molecule has 0 fully saturated rings. The first-order chi connectivity index (χ1) is 7.61. The number of amides is 3. The third kappa shape index (κ3) is 7.88. The predicted molar refractivity (Wildman–Crippen MR) is 58.4 cm³/mol. The summed E-state index contributed by atoms with van der Waals surface area (Å²) in [5, 5.41) is 13.0. The zero-order valence-electron chi connectivity index (χ0n) is 9.94. The normalized spacial score (nSPS) is 12.4. The van der Waals surface area contributed by atoms with E-state index in [1.807, 2.05) is 0 Å². The number of carbonyl (C=O) groups is 3. The van der Waals surface area contributed by atoms with Gasteiger partial charge in [-0.1, -0.05) is 0 Å². The maximum absolute atomic E-state index is 11.3. The van der Waals surface area contributed by atoms with E-state index < -0.39 is 29.7 Å². The van der Waals surface area contributed by atoms with Gasteiger partial charge in [-0.2, -0.15) is 0 Å². The van der Waals surface area contributed by atoms with Gasteiger partial charge in [-0.3, -0.25) is 0 Å². The van der Waals surface area contributed by atoms with Crippen LogP contribution in [0.5, 0.6) is 0 Å². The fourth-order valence-electron chi connectivity index (χ4n) is 0.853. The molecule has 8 heteroatoms. The SMILES string of the molecule is CC(C)(C)OC(=O)NC(CNC(N)=O)C(=O)O. The molecule has 0 heterocycles. The number of rotatable bonds is 4. The molecule has 17 heavy (non-hydrogen) atoms. The molecule has 0 aliphatic carbocycles. The summed E-state index contributed by atoms with van der Waals surface area (Å²) in [4.78, 5) is 32.4. The van der Waals surface area contributed by atoms with E-state index in [-0.39, 0.29) is 6.54 Å². The number of aliphatic carboxylic acids is 1. The van der Waals surface area contributed by atoms with Crippen LogP contribution in [0.15, 0.2) is 0 Å². The minimum absolute atomic E-state index is 0.316. The fourth-order valence-corrected chi connectivity index (χ4v) is 0.853. The molecule has 0 bridgehead atoms. The fraction of sp³-hybridized carbons (Fsp3) is 0.667. The maximum atomic E-state index is 11.3. The minimum Gasteiger partial charge on any atom is -0.480 e. The van der Waals surface area contributed by atoms with Crippen LogP contribution in [-0.4, -0.2) is 41.4 Å². The molecule has 0 radical (unpaired) electrons. The smallest absolute Gasteiger partial charge is 0.408 e. The van der Waals surface area contributed by atoms with Crippen LogP contribution < -0.4 is 16.4 Å². The van der Waals surface area contributed by atoms with Gasteiger partial charge >= 0.3 is 18.1 Å². The van der Waals surface area contributed by atoms with Gasteiger partial charge in [0.15, 0.2) is 0 Å². The van der Waals surface area contributed by atoms with Crippen molar-refractivity contribution < 1.29 is 24.2 Å². The molecule has 0 saturated heterocycles. The molecule has 1 atom stereocenters. The number of primary amides is 1. The van der Waals surface area contributed by atoms with E-state index in [0.717, 1.165) is 0 Å². The zero-order chi connectivity index (χ0) is 13.6. The predicted octanol–water partition coefficient (Wildman–Crippen LogP) is -0.367. The van der Waals surface area contributed by atoms with Crippen molar-refractivity contribution in [2.45, 2.75) is 32.4 Å². The number of carboxylic acid groups (broad SMARTS) is 1. The number of hydrogen-bond acceptors (Lipinski definition) is 4. The van der Waals surface area contributed by atoms with Gasteiger partial charge in [-0.15, -0.1) is 0 Å². The molecular formula is C9H17N3O5. The van der Waals surface area contributed by atoms with Crippen molar-refractivity contribution >= 4 is 18.1 Å². The summed E-state index contributed by atoms with van der Waals surface area (Å²) in [5.74, 6) is -1.30. The molecule has 8 nitrogen and oxygen atoms in total. The molecule has 0 aromatic carbocycles. The summed E-state index contributed by atoms with van der Waals surface area (Å²) in [6.45, 7) is 4.61. The molecule has 1 unspecified atom stereocenters. The van der Waals surface area contributed by atoms with Crippen molar-refractivity contribution in [1.29, 1.82) is 0 Å². The Kier molecular flexibility index (Phi) is 5.23. The lowest BCUT2D eigenvalue weighted by Crippen LogP contribution is -2.50. The standard InChI is InChI=1S/C9H17N3O5/c1-9(2,3)17-8(16)12-5(6(13)14)4-11-7(10)15/h5H,4H2,1-3H3,(H,12,16)(H,13,14)(H3,10,11,15). The van der Waals surface area contributed by atoms with Crippen LogP contribution >= 0.6 is 0 Å². The third-order valence-corrected chi connectivity index (χ3v) is 1.47. The summed E-state index contributed by atoms with van der Waals surface area (Å²) in [6.07, 6.45) is -0.879. The topological polar surface area (TPSA) is 131 Å². The lowest BCUT2D eigenvalue weighted by molar-refractivity contribution is -0.139. The third-order valence-electron chi connectivity index (χ3n) is 1.47. The minimum atomic E-state index is -1.30. The summed E-state index contributed by atoms with van der Waals surface area (Å²) in [6, 6.07) is -2.17. The van der Waals surface area contributed by atoms with Gasteiger partial charge in [0.25, 0.3) is 0 Å². The van der Waals surface area contributed by atoms with Crippen LogP contribution in [0.25, 0.3) is 0 Å². The number of carbonyl (C=O) groups excluding carboxylic acids is 2. The van der Waals surface area contributed by atoms with Crippen LogP contribution in [0, 0.1) is 0 Å². The Balaban J connectivity index is 4.30. The second-order valence-electron chi connectivity index (χ2n) is 4.28. The molecule has 5 N–H and O–H groups in total. The number of carboxylic acids is 1. The Bertz CT molecular complexity index is 310. The van der Waals surface area contributed by atoms with Crippen molar-refractivity contribution in [2.24, 2.45) is 5.73 Å². The lowest BCUT2D eigenvalue weighted by atomic mass is 10.2. The quantitative estimate of drug-likeness (QED) is 0.538. The Labute approximate surface area is 98.5 Å². The van der Waals surface area contributed by atoms with Crippen LogP contribution in [0.4, 0.5) is 9.59 Å². The van der Waals surface area contributed by atoms with E-state index in [1.54, 1.807) is 20.8 Å². The van der Waals surface area contributed by atoms with Crippen molar-refractivity contribution in [3.63, 3.8) is 0 Å². The van der Waals surface area contributed by atoms with Crippen LogP contribution in [0.3, 0.4) is 0 Å². The monoisotopic (exact) mass is 247 g/mol. The lowest BCUT2D eigenvalue weighted by Gasteiger charge is -2.21. The Morgan fingerprint density at radius 2 is 1.88 bits per heavy atom. The molecule has 98 valence electrons. The number of nitrogens with one attached hydrogen (secondary N) is 2. The molecule has 0 aliphatic heterocycles. The van der Waals surface area contributed by atoms with E-state index >= 15 is 0 Å². The van der Waals surface area contributed by atoms with Crippen molar-refractivity contribution in [1.82, 2.24) is 10.6 Å². The number of hydrogen-bond donors (Lipinski definition) is 4. The van der Waals surface area contributed by atoms with Crippen LogP contribution in [0.1, 0.15) is 20.8 Å². The van der Waals surface area contributed by atoms with Gasteiger partial charge in [0.05, 0.1) is 6.54 Å². The van der Waals surface area contributed by atoms with E-state index in [4.69, 9.17) is 15.6 Å². The number of ether oxygens (including phenoxy) is 1. The van der Waals surface area contributed by atoms with Gasteiger partial charge in [0.2, 0.25) is 0 Å². The van der Waals surface area contributed by atoms with E-state index in [2.05, 4.69) is 10.6 Å². The molecule has 0 aromatic rings. The number of nitrogens with two attached hydrogens (primary N) is 1. The highest BCUT2D eigenvalue weighted by atomic mass is 16.6. The summed E-state index contributed by atoms with van der Waals surface area (Å²) >= 11 is 0. The first kappa shape index (κ1) is 15.0. The second kappa shape index (κ2) is 5.92. The van der Waals surface area contributed by atoms with Crippen LogP contribution in [-0.2, 0) is 9.53 Å². The van der Waals surface area contributed by atoms with Gasteiger partial charge in [-0.05, 0) is 20.8 Å². The van der Waals surface area contributed by atoms with E-state index in [1.165, 1.54) is 0 Å². The number of urea groups is 1. The Morgan fingerprint density at radius 1 is 1.35 bits per heavy atom. The molecule has 0 aliphatic rings. The summed E-state index contributed by atoms with van der Waals surface area (Å²) < 4.78 is 4.87. The Hall–Kier alpha value is -1.99. The molecule has 0 saturated carbocycles. The van der Waals surface area contributed by atoms with Gasteiger partial charge in [0, 0.05) is 0 Å². The molecule has 0 rings (SSSR count). The van der Waals surface area contributed by atoms with Gasteiger partial charge in [0.1, 0.15) is 11.6 Å². The van der Waals surface area contributed by atoms with Gasteiger partial charge < -0.3 is 26.2 Å². The average molecular weight is 247 g/mol. The highest BCUT2D eigenvalue weighted by Gasteiger charge is 2.23. The highest BCUT2D eigenvalue weighted by molar-refractivity contribution is 5.81. The summed E-state index contributed by atoms with van der Waals surface area (Å²) in [7, 11) is 0. The Morgan fingerprint density at radius 3 is 2.24 bits per heavy atom. The average Bonchev–Trinajstić information content (AvgIpc) is 2.08. The molecular weight excluding hydrogens is 230 g/mol. The molecule has 0 aromatic heterocycles. The van der Waals surface area contributed by atoms with Crippen molar-refractivity contribution in [3.05, 3.63) is 0 Å². The van der Waals surface area contributed by atoms with Crippen LogP contribution in [0.2, 0.25) is 0 Å². The van der Waals surface area contributed by atoms with E-state index in [0.29, 0.717) is 0 Å². The van der Waals surface area contributed by atoms with Crippen molar-refractivity contribution in [2.75, 3.05) is 6.54 Å². The number of alkyl carbamates (subject to hydrolysis) is 1.